The highest BCUT2D eigenvalue weighted by Crippen LogP contribution is 2.32. The molecule has 0 spiro atoms. The molecule has 2 aliphatic rings. The zero-order valence-corrected chi connectivity index (χ0v) is 18.6. The molecule has 1 aromatic carbocycles. The average Bonchev–Trinajstić information content (AvgIpc) is 3.58. The van der Waals surface area contributed by atoms with Crippen LogP contribution >= 0.6 is 0 Å². The van der Waals surface area contributed by atoms with E-state index in [1.165, 1.54) is 5.56 Å². The lowest BCUT2D eigenvalue weighted by atomic mass is 9.97. The minimum atomic E-state index is -0.334. The van der Waals surface area contributed by atoms with Gasteiger partial charge in [-0.25, -0.2) is 4.79 Å². The van der Waals surface area contributed by atoms with Crippen LogP contribution in [-0.4, -0.2) is 61.8 Å². The minimum absolute atomic E-state index is 0.0780. The maximum atomic E-state index is 11.8. The Bertz CT molecular complexity index is 692. The van der Waals surface area contributed by atoms with Crippen molar-refractivity contribution in [2.75, 3.05) is 26.7 Å². The van der Waals surface area contributed by atoms with Crippen LogP contribution in [0.3, 0.4) is 0 Å². The van der Waals surface area contributed by atoms with Crippen LogP contribution in [0.2, 0.25) is 0 Å². The van der Waals surface area contributed by atoms with Crippen molar-refractivity contribution >= 4 is 12.1 Å². The quantitative estimate of drug-likeness (QED) is 0.450. The number of piperidine rings is 1. The monoisotopic (exact) mass is 415 g/mol. The van der Waals surface area contributed by atoms with Gasteiger partial charge in [0, 0.05) is 38.8 Å². The van der Waals surface area contributed by atoms with Crippen molar-refractivity contribution < 1.29 is 9.53 Å². The number of hydrogen-bond donors (Lipinski definition) is 3. The Morgan fingerprint density at radius 2 is 2.03 bits per heavy atom. The number of guanidine groups is 1. The predicted octanol–water partition coefficient (Wildman–Crippen LogP) is 2.73. The summed E-state index contributed by atoms with van der Waals surface area (Å²) in [6.07, 6.45) is 4.15. The van der Waals surface area contributed by atoms with Gasteiger partial charge in [-0.05, 0) is 51.0 Å². The number of hydrogen-bond acceptors (Lipinski definition) is 4. The number of likely N-dealkylation sites (tertiary alicyclic amines) is 1. The SMILES string of the molecule is CCOC(=O)NC(CNC(=NC)NC1CCN(Cc2ccccc2)C(C)C1)C1CC1. The molecule has 3 rings (SSSR count). The fourth-order valence-electron chi connectivity index (χ4n) is 4.16. The molecule has 1 aliphatic heterocycles. The number of alkyl carbamates (subject to hydrolysis) is 1. The number of ether oxygens (including phenoxy) is 1. The van der Waals surface area contributed by atoms with E-state index < -0.39 is 0 Å². The molecule has 1 saturated heterocycles. The molecule has 7 nitrogen and oxygen atoms in total. The third-order valence-corrected chi connectivity index (χ3v) is 6.07. The van der Waals surface area contributed by atoms with Gasteiger partial charge >= 0.3 is 6.09 Å². The molecule has 7 heteroatoms. The molecule has 1 amide bonds. The Morgan fingerprint density at radius 1 is 1.27 bits per heavy atom. The number of nitrogens with zero attached hydrogens (tertiary/aromatic N) is 2. The van der Waals surface area contributed by atoms with Crippen molar-refractivity contribution in [3.63, 3.8) is 0 Å². The number of carbonyl (C=O) groups excluding carboxylic acids is 1. The lowest BCUT2D eigenvalue weighted by Crippen LogP contribution is -2.53. The van der Waals surface area contributed by atoms with E-state index in [1.807, 2.05) is 6.92 Å². The molecule has 166 valence electrons. The number of benzene rings is 1. The van der Waals surface area contributed by atoms with Gasteiger partial charge in [0.25, 0.3) is 0 Å². The summed E-state index contributed by atoms with van der Waals surface area (Å²) < 4.78 is 5.04. The van der Waals surface area contributed by atoms with E-state index >= 15 is 0 Å². The topological polar surface area (TPSA) is 78.0 Å². The van der Waals surface area contributed by atoms with Crippen molar-refractivity contribution in [3.8, 4) is 0 Å². The van der Waals surface area contributed by atoms with Crippen LogP contribution in [-0.2, 0) is 11.3 Å². The highest BCUT2D eigenvalue weighted by atomic mass is 16.5. The van der Waals surface area contributed by atoms with Crippen LogP contribution in [0.1, 0.15) is 45.1 Å². The lowest BCUT2D eigenvalue weighted by Gasteiger charge is -2.38. The second kappa shape index (κ2) is 11.2. The van der Waals surface area contributed by atoms with Gasteiger partial charge in [0.05, 0.1) is 12.6 Å². The van der Waals surface area contributed by atoms with Gasteiger partial charge in [0.2, 0.25) is 0 Å². The van der Waals surface area contributed by atoms with Crippen LogP contribution in [0, 0.1) is 5.92 Å². The van der Waals surface area contributed by atoms with Gasteiger partial charge in [-0.1, -0.05) is 30.3 Å². The summed E-state index contributed by atoms with van der Waals surface area (Å²) in [5.41, 5.74) is 1.37. The average molecular weight is 416 g/mol. The van der Waals surface area contributed by atoms with Gasteiger partial charge in [0.15, 0.2) is 5.96 Å². The predicted molar refractivity (Wildman–Crippen MR) is 121 cm³/mol. The molecule has 30 heavy (non-hydrogen) atoms. The van der Waals surface area contributed by atoms with E-state index in [9.17, 15) is 4.79 Å². The first-order valence-electron chi connectivity index (χ1n) is 11.3. The molecule has 3 atom stereocenters. The second-order valence-corrected chi connectivity index (χ2v) is 8.43. The first kappa shape index (κ1) is 22.4. The number of rotatable bonds is 8. The van der Waals surface area contributed by atoms with Crippen molar-refractivity contribution in [2.45, 2.75) is 64.2 Å². The van der Waals surface area contributed by atoms with Crippen LogP contribution in [0.4, 0.5) is 4.79 Å². The van der Waals surface area contributed by atoms with Gasteiger partial charge < -0.3 is 20.7 Å². The smallest absolute Gasteiger partial charge is 0.407 e. The molecule has 2 fully saturated rings. The summed E-state index contributed by atoms with van der Waals surface area (Å²) in [6, 6.07) is 11.7. The second-order valence-electron chi connectivity index (χ2n) is 8.43. The largest absolute Gasteiger partial charge is 0.450 e. The summed E-state index contributed by atoms with van der Waals surface area (Å²) >= 11 is 0. The molecular formula is C23H37N5O2. The van der Waals surface area contributed by atoms with Crippen LogP contribution in [0.5, 0.6) is 0 Å². The molecule has 0 radical (unpaired) electrons. The molecule has 1 aliphatic carbocycles. The molecule has 0 aromatic heterocycles. The normalized spacial score (nSPS) is 23.5. The van der Waals surface area contributed by atoms with E-state index in [1.54, 1.807) is 7.05 Å². The summed E-state index contributed by atoms with van der Waals surface area (Å²) in [6.45, 7) is 7.25. The van der Waals surface area contributed by atoms with E-state index in [-0.39, 0.29) is 12.1 Å². The van der Waals surface area contributed by atoms with E-state index in [0.29, 0.717) is 31.2 Å². The molecule has 0 bridgehead atoms. The molecule has 1 heterocycles. The Balaban J connectivity index is 1.44. The van der Waals surface area contributed by atoms with Crippen molar-refractivity contribution in [2.24, 2.45) is 10.9 Å². The maximum Gasteiger partial charge on any atom is 0.407 e. The van der Waals surface area contributed by atoms with Gasteiger partial charge in [-0.3, -0.25) is 9.89 Å². The highest BCUT2D eigenvalue weighted by Gasteiger charge is 2.33. The Morgan fingerprint density at radius 3 is 2.67 bits per heavy atom. The molecule has 1 saturated carbocycles. The fraction of sp³-hybridized carbons (Fsp3) is 0.652. The summed E-state index contributed by atoms with van der Waals surface area (Å²) in [5, 5.41) is 9.97. The number of amides is 1. The third kappa shape index (κ3) is 6.90. The van der Waals surface area contributed by atoms with Gasteiger partial charge in [-0.15, -0.1) is 0 Å². The molecule has 1 aromatic rings. The first-order chi connectivity index (χ1) is 14.6. The minimum Gasteiger partial charge on any atom is -0.450 e. The summed E-state index contributed by atoms with van der Waals surface area (Å²) in [5.74, 6) is 1.33. The Hall–Kier alpha value is -2.28. The standard InChI is InChI=1S/C23H37N5O2/c1-4-30-23(29)27-21(19-10-11-19)15-25-22(24-3)26-20-12-13-28(17(2)14-20)16-18-8-6-5-7-9-18/h5-9,17,19-21H,4,10-16H2,1-3H3,(H,27,29)(H2,24,25,26). The van der Waals surface area contributed by atoms with Crippen LogP contribution < -0.4 is 16.0 Å². The highest BCUT2D eigenvalue weighted by molar-refractivity contribution is 5.80. The lowest BCUT2D eigenvalue weighted by molar-refractivity contribution is 0.134. The molecular weight excluding hydrogens is 378 g/mol. The third-order valence-electron chi connectivity index (χ3n) is 6.07. The zero-order chi connectivity index (χ0) is 21.3. The number of aliphatic imine (C=N–C) groups is 1. The Labute approximate surface area is 180 Å². The maximum absolute atomic E-state index is 11.8. The zero-order valence-electron chi connectivity index (χ0n) is 18.6. The number of nitrogens with one attached hydrogen (secondary N) is 3. The van der Waals surface area contributed by atoms with E-state index in [4.69, 9.17) is 4.74 Å². The van der Waals surface area contributed by atoms with Crippen LogP contribution in [0.25, 0.3) is 0 Å². The van der Waals surface area contributed by atoms with Gasteiger partial charge in [-0.2, -0.15) is 0 Å². The summed E-state index contributed by atoms with van der Waals surface area (Å²) in [7, 11) is 1.80. The molecule has 3 unspecified atom stereocenters. The molecule has 3 N–H and O–H groups in total. The van der Waals surface area contributed by atoms with Crippen molar-refractivity contribution in [1.29, 1.82) is 0 Å². The summed E-state index contributed by atoms with van der Waals surface area (Å²) in [4.78, 5) is 18.8. The van der Waals surface area contributed by atoms with E-state index in [2.05, 4.69) is 63.1 Å². The van der Waals surface area contributed by atoms with E-state index in [0.717, 1.165) is 44.7 Å². The first-order valence-corrected chi connectivity index (χ1v) is 11.3. The fourth-order valence-corrected chi connectivity index (χ4v) is 4.16. The van der Waals surface area contributed by atoms with Crippen molar-refractivity contribution in [1.82, 2.24) is 20.9 Å². The Kier molecular flexibility index (Phi) is 8.37. The number of carbonyl (C=O) groups is 1. The van der Waals surface area contributed by atoms with Crippen LogP contribution in [0.15, 0.2) is 35.3 Å². The van der Waals surface area contributed by atoms with Crippen molar-refractivity contribution in [3.05, 3.63) is 35.9 Å². The van der Waals surface area contributed by atoms with Gasteiger partial charge in [0.1, 0.15) is 0 Å².